The Morgan fingerprint density at radius 1 is 0.654 bits per heavy atom. The zero-order valence-electron chi connectivity index (χ0n) is 15.1. The highest BCUT2D eigenvalue weighted by molar-refractivity contribution is 6.17. The van der Waals surface area contributed by atoms with Crippen molar-refractivity contribution in [3.63, 3.8) is 0 Å². The highest BCUT2D eigenvalue weighted by Crippen LogP contribution is 2.30. The lowest BCUT2D eigenvalue weighted by molar-refractivity contribution is 0.252. The van der Waals surface area contributed by atoms with E-state index < -0.39 is 0 Å². The van der Waals surface area contributed by atoms with Gasteiger partial charge in [-0.3, -0.25) is 0 Å². The summed E-state index contributed by atoms with van der Waals surface area (Å²) in [6, 6.07) is 11.4. The predicted octanol–water partition coefficient (Wildman–Crippen LogP) is 5.42. The molecule has 0 saturated heterocycles. The van der Waals surface area contributed by atoms with Gasteiger partial charge in [0, 0.05) is 11.8 Å². The zero-order valence-corrected chi connectivity index (χ0v) is 16.6. The molecular formula is C20H24Cl2O4. The molecule has 0 saturated carbocycles. The molecule has 2 rings (SSSR count). The van der Waals surface area contributed by atoms with E-state index in [-0.39, 0.29) is 0 Å². The monoisotopic (exact) mass is 398 g/mol. The second-order valence-electron chi connectivity index (χ2n) is 5.64. The van der Waals surface area contributed by atoms with Gasteiger partial charge in [0.05, 0.1) is 27.4 Å². The molecule has 0 unspecified atom stereocenters. The minimum Gasteiger partial charge on any atom is -0.493 e. The normalized spacial score (nSPS) is 10.5. The molecule has 0 spiro atoms. The Labute approximate surface area is 164 Å². The van der Waals surface area contributed by atoms with Crippen LogP contribution in [0.4, 0.5) is 0 Å². The summed E-state index contributed by atoms with van der Waals surface area (Å²) < 4.78 is 22.3. The minimum atomic E-state index is 0.448. The standard InChI is InChI=1S/C20H24Cl2O4/c1-23-19-11-15(13-21)5-7-17(19)25-9-3-4-10-26-18-8-6-16(14-22)12-20(18)24-2/h5-8,11-12H,3-4,9-10,13-14H2,1-2H3. The fourth-order valence-electron chi connectivity index (χ4n) is 2.40. The Morgan fingerprint density at radius 3 is 1.42 bits per heavy atom. The smallest absolute Gasteiger partial charge is 0.161 e. The van der Waals surface area contributed by atoms with E-state index in [2.05, 4.69) is 0 Å². The van der Waals surface area contributed by atoms with Crippen molar-refractivity contribution in [2.24, 2.45) is 0 Å². The van der Waals surface area contributed by atoms with Crippen LogP contribution < -0.4 is 18.9 Å². The highest BCUT2D eigenvalue weighted by atomic mass is 35.5. The Balaban J connectivity index is 1.75. The summed E-state index contributed by atoms with van der Waals surface area (Å²) in [7, 11) is 3.24. The van der Waals surface area contributed by atoms with Crippen molar-refractivity contribution in [3.05, 3.63) is 47.5 Å². The molecule has 2 aromatic carbocycles. The van der Waals surface area contributed by atoms with Gasteiger partial charge < -0.3 is 18.9 Å². The van der Waals surface area contributed by atoms with E-state index >= 15 is 0 Å². The number of rotatable bonds is 11. The molecule has 0 aromatic heterocycles. The van der Waals surface area contributed by atoms with Gasteiger partial charge in [-0.25, -0.2) is 0 Å². The van der Waals surface area contributed by atoms with Gasteiger partial charge in [-0.1, -0.05) is 12.1 Å². The SMILES string of the molecule is COc1cc(CCl)ccc1OCCCCOc1ccc(CCl)cc1OC. The summed E-state index contributed by atoms with van der Waals surface area (Å²) >= 11 is 11.7. The molecule has 4 nitrogen and oxygen atoms in total. The van der Waals surface area contributed by atoms with Crippen LogP contribution in [0.25, 0.3) is 0 Å². The fraction of sp³-hybridized carbons (Fsp3) is 0.400. The van der Waals surface area contributed by atoms with Crippen molar-refractivity contribution >= 4 is 23.2 Å². The summed E-state index contributed by atoms with van der Waals surface area (Å²) in [5.41, 5.74) is 2.00. The summed E-state index contributed by atoms with van der Waals surface area (Å²) in [5, 5.41) is 0. The molecular weight excluding hydrogens is 375 g/mol. The number of unbranched alkanes of at least 4 members (excludes halogenated alkanes) is 1. The topological polar surface area (TPSA) is 36.9 Å². The van der Waals surface area contributed by atoms with E-state index in [1.54, 1.807) is 14.2 Å². The van der Waals surface area contributed by atoms with Gasteiger partial charge in [0.25, 0.3) is 0 Å². The van der Waals surface area contributed by atoms with Crippen LogP contribution in [-0.2, 0) is 11.8 Å². The number of benzene rings is 2. The van der Waals surface area contributed by atoms with Crippen LogP contribution in [0.5, 0.6) is 23.0 Å². The van der Waals surface area contributed by atoms with Crippen LogP contribution in [0, 0.1) is 0 Å². The van der Waals surface area contributed by atoms with Crippen molar-refractivity contribution in [3.8, 4) is 23.0 Å². The molecule has 6 heteroatoms. The molecule has 0 atom stereocenters. The van der Waals surface area contributed by atoms with Crippen LogP contribution in [-0.4, -0.2) is 27.4 Å². The largest absolute Gasteiger partial charge is 0.493 e. The van der Waals surface area contributed by atoms with Crippen LogP contribution in [0.3, 0.4) is 0 Å². The number of halogens is 2. The predicted molar refractivity (Wildman–Crippen MR) is 105 cm³/mol. The van der Waals surface area contributed by atoms with Crippen molar-refractivity contribution in [2.45, 2.75) is 24.6 Å². The fourth-order valence-corrected chi connectivity index (χ4v) is 2.73. The maximum atomic E-state index is 5.83. The molecule has 142 valence electrons. The van der Waals surface area contributed by atoms with Crippen molar-refractivity contribution in [1.29, 1.82) is 0 Å². The van der Waals surface area contributed by atoms with Gasteiger partial charge in [0.1, 0.15) is 0 Å². The number of hydrogen-bond acceptors (Lipinski definition) is 4. The van der Waals surface area contributed by atoms with E-state index in [4.69, 9.17) is 42.1 Å². The summed E-state index contributed by atoms with van der Waals surface area (Å²) in [5.74, 6) is 3.74. The molecule has 0 amide bonds. The lowest BCUT2D eigenvalue weighted by Crippen LogP contribution is -2.04. The Hall–Kier alpha value is -1.78. The number of methoxy groups -OCH3 is 2. The third-order valence-electron chi connectivity index (χ3n) is 3.82. The molecule has 0 fully saturated rings. The first-order chi connectivity index (χ1) is 12.7. The van der Waals surface area contributed by atoms with Crippen LogP contribution in [0.2, 0.25) is 0 Å². The molecule has 0 bridgehead atoms. The van der Waals surface area contributed by atoms with Crippen molar-refractivity contribution in [1.82, 2.24) is 0 Å². The van der Waals surface area contributed by atoms with E-state index in [0.29, 0.717) is 36.5 Å². The van der Waals surface area contributed by atoms with E-state index in [1.165, 1.54) is 0 Å². The van der Waals surface area contributed by atoms with Gasteiger partial charge in [-0.05, 0) is 48.2 Å². The van der Waals surface area contributed by atoms with Gasteiger partial charge in [0.2, 0.25) is 0 Å². The van der Waals surface area contributed by atoms with Crippen molar-refractivity contribution in [2.75, 3.05) is 27.4 Å². The minimum absolute atomic E-state index is 0.448. The molecule has 0 aliphatic carbocycles. The van der Waals surface area contributed by atoms with Gasteiger partial charge in [-0.15, -0.1) is 23.2 Å². The van der Waals surface area contributed by atoms with Crippen LogP contribution in [0.1, 0.15) is 24.0 Å². The van der Waals surface area contributed by atoms with E-state index in [0.717, 1.165) is 35.5 Å². The molecule has 0 N–H and O–H groups in total. The van der Waals surface area contributed by atoms with Gasteiger partial charge in [-0.2, -0.15) is 0 Å². The Bertz CT molecular complexity index is 632. The second kappa shape index (κ2) is 11.0. The maximum absolute atomic E-state index is 5.83. The third-order valence-corrected chi connectivity index (χ3v) is 4.44. The Morgan fingerprint density at radius 2 is 1.08 bits per heavy atom. The molecule has 2 aromatic rings. The quantitative estimate of drug-likeness (QED) is 0.374. The number of alkyl halides is 2. The second-order valence-corrected chi connectivity index (χ2v) is 6.18. The highest BCUT2D eigenvalue weighted by Gasteiger charge is 2.07. The summed E-state index contributed by atoms with van der Waals surface area (Å²) in [4.78, 5) is 0. The van der Waals surface area contributed by atoms with E-state index in [1.807, 2.05) is 36.4 Å². The average molecular weight is 399 g/mol. The maximum Gasteiger partial charge on any atom is 0.161 e. The van der Waals surface area contributed by atoms with E-state index in [9.17, 15) is 0 Å². The molecule has 0 aliphatic heterocycles. The first-order valence-corrected chi connectivity index (χ1v) is 9.50. The van der Waals surface area contributed by atoms with Crippen LogP contribution >= 0.6 is 23.2 Å². The molecule has 0 radical (unpaired) electrons. The first kappa shape index (κ1) is 20.5. The molecule has 26 heavy (non-hydrogen) atoms. The number of hydrogen-bond donors (Lipinski definition) is 0. The molecule has 0 aliphatic rings. The lowest BCUT2D eigenvalue weighted by Gasteiger charge is -2.13. The first-order valence-electron chi connectivity index (χ1n) is 8.43. The lowest BCUT2D eigenvalue weighted by atomic mass is 10.2. The Kier molecular flexibility index (Phi) is 8.72. The third kappa shape index (κ3) is 5.89. The summed E-state index contributed by atoms with van der Waals surface area (Å²) in [6.07, 6.45) is 1.73. The average Bonchev–Trinajstić information content (AvgIpc) is 2.70. The number of ether oxygens (including phenoxy) is 4. The zero-order chi connectivity index (χ0) is 18.8. The van der Waals surface area contributed by atoms with Crippen LogP contribution in [0.15, 0.2) is 36.4 Å². The van der Waals surface area contributed by atoms with Crippen molar-refractivity contribution < 1.29 is 18.9 Å². The summed E-state index contributed by atoms with van der Waals surface area (Å²) in [6.45, 7) is 1.17. The van der Waals surface area contributed by atoms with Gasteiger partial charge in [0.15, 0.2) is 23.0 Å². The molecule has 0 heterocycles. The van der Waals surface area contributed by atoms with Gasteiger partial charge >= 0.3 is 0 Å².